The van der Waals surface area contributed by atoms with Gasteiger partial charge >= 0.3 is 35.5 Å². The summed E-state index contributed by atoms with van der Waals surface area (Å²) in [5.74, 6) is -0.902. The second-order valence-corrected chi connectivity index (χ2v) is 9.24. The number of fused-ring (bicyclic) bond motifs is 1. The van der Waals surface area contributed by atoms with Crippen LogP contribution in [0.3, 0.4) is 0 Å². The van der Waals surface area contributed by atoms with Crippen molar-refractivity contribution < 1.29 is 19.5 Å². The van der Waals surface area contributed by atoms with Crippen LogP contribution in [-0.2, 0) is 14.4 Å². The van der Waals surface area contributed by atoms with E-state index < -0.39 is 17.9 Å². The zero-order valence-corrected chi connectivity index (χ0v) is 21.6. The second-order valence-electron chi connectivity index (χ2n) is 9.24. The predicted octanol–water partition coefficient (Wildman–Crippen LogP) is 4.28. The minimum absolute atomic E-state index is 0. The number of nitrogens with one attached hydrogen (secondary N) is 3. The Bertz CT molecular complexity index is 1410. The fourth-order valence-corrected chi connectivity index (χ4v) is 4.41. The first kappa shape index (κ1) is 30.8. The molecule has 202 valence electrons. The second kappa shape index (κ2) is 15.8. The normalized spacial score (nSPS) is 11.2. The van der Waals surface area contributed by atoms with Crippen molar-refractivity contribution in [2.24, 2.45) is 0 Å². The Balaban J connectivity index is 0.00000441. The van der Waals surface area contributed by atoms with Crippen LogP contribution in [0.1, 0.15) is 37.3 Å². The summed E-state index contributed by atoms with van der Waals surface area (Å²) in [4.78, 5) is 40.4. The van der Waals surface area contributed by atoms with Gasteiger partial charge in [0.15, 0.2) is 0 Å². The van der Waals surface area contributed by atoms with Crippen LogP contribution in [0.2, 0.25) is 0 Å². The average molecular weight is 549 g/mol. The molecule has 4 rings (SSSR count). The number of aliphatic carboxylic acids is 1. The summed E-state index contributed by atoms with van der Waals surface area (Å²) in [6, 6.07) is 26.7. The van der Waals surface area contributed by atoms with Crippen molar-refractivity contribution in [2.75, 3.05) is 18.4 Å². The van der Waals surface area contributed by atoms with E-state index >= 15 is 0 Å². The van der Waals surface area contributed by atoms with Gasteiger partial charge in [-0.25, -0.2) is 4.98 Å². The van der Waals surface area contributed by atoms with Crippen LogP contribution in [0.5, 0.6) is 0 Å². The van der Waals surface area contributed by atoms with Crippen LogP contribution in [0.25, 0.3) is 21.9 Å². The van der Waals surface area contributed by atoms with E-state index in [9.17, 15) is 19.5 Å². The fourth-order valence-electron chi connectivity index (χ4n) is 4.41. The van der Waals surface area contributed by atoms with Crippen molar-refractivity contribution in [3.8, 4) is 11.1 Å². The topological polar surface area (TPSA) is 120 Å². The van der Waals surface area contributed by atoms with E-state index in [0.717, 1.165) is 34.1 Å². The van der Waals surface area contributed by atoms with Crippen molar-refractivity contribution in [1.29, 1.82) is 0 Å². The molecular formula is C31H33N4NaO4. The Morgan fingerprint density at radius 3 is 2.33 bits per heavy atom. The molecular weight excluding hydrogens is 515 g/mol. The van der Waals surface area contributed by atoms with Gasteiger partial charge in [-0.3, -0.25) is 14.4 Å². The quantitative estimate of drug-likeness (QED) is 0.146. The molecule has 3 aromatic carbocycles. The third kappa shape index (κ3) is 9.19. The molecule has 40 heavy (non-hydrogen) atoms. The van der Waals surface area contributed by atoms with Crippen molar-refractivity contribution in [3.63, 3.8) is 0 Å². The number of pyridine rings is 1. The number of carbonyl (C=O) groups excluding carboxylic acids is 2. The average Bonchev–Trinajstić information content (AvgIpc) is 2.96. The van der Waals surface area contributed by atoms with E-state index in [1.165, 1.54) is 0 Å². The zero-order valence-electron chi connectivity index (χ0n) is 21.6. The van der Waals surface area contributed by atoms with E-state index in [4.69, 9.17) is 0 Å². The Hall–Kier alpha value is -3.72. The summed E-state index contributed by atoms with van der Waals surface area (Å²) >= 11 is 0. The molecule has 0 aliphatic rings. The van der Waals surface area contributed by atoms with Crippen LogP contribution >= 0.6 is 0 Å². The van der Waals surface area contributed by atoms with Gasteiger partial charge in [-0.15, -0.1) is 0 Å². The molecule has 1 heterocycles. The number of benzene rings is 3. The summed E-state index contributed by atoms with van der Waals surface area (Å²) in [6.07, 6.45) is 3.19. The predicted molar refractivity (Wildman–Crippen MR) is 159 cm³/mol. The molecule has 0 saturated heterocycles. The maximum absolute atomic E-state index is 12.5. The minimum atomic E-state index is -1.03. The first-order valence-electron chi connectivity index (χ1n) is 13.0. The van der Waals surface area contributed by atoms with Crippen LogP contribution in [0.15, 0.2) is 91.1 Å². The number of amides is 2. The van der Waals surface area contributed by atoms with Gasteiger partial charge in [-0.05, 0) is 52.4 Å². The molecule has 2 amide bonds. The standard InChI is InChI=1S/C31H32N4O4.Na.H/c36-29(13-4-6-19-33-28-12-3-5-18-32-28)34-21-30(37)35-27(20-31(38)39)24-16-14-23(15-17-24)26-11-7-9-22-8-1-2-10-25(22)26;;/h1-3,5,7-12,14-18,27H,4,6,13,19-21H2,(H,32,33)(H,34,36)(H,35,37)(H,38,39);;. The molecule has 4 aromatic rings. The summed E-state index contributed by atoms with van der Waals surface area (Å²) < 4.78 is 0. The number of nitrogens with zero attached hydrogens (tertiary/aromatic N) is 1. The summed E-state index contributed by atoms with van der Waals surface area (Å²) in [6.45, 7) is 0.482. The SMILES string of the molecule is O=C(O)CC(NC(=O)CNC(=O)CCCCNc1ccccn1)c1ccc(-c2cccc3ccccc23)cc1.[NaH]. The van der Waals surface area contributed by atoms with E-state index in [1.54, 1.807) is 6.20 Å². The zero-order chi connectivity index (χ0) is 27.5. The fraction of sp³-hybridized carbons (Fsp3) is 0.226. The van der Waals surface area contributed by atoms with E-state index in [0.29, 0.717) is 24.9 Å². The molecule has 0 radical (unpaired) electrons. The van der Waals surface area contributed by atoms with Gasteiger partial charge in [-0.1, -0.05) is 72.8 Å². The van der Waals surface area contributed by atoms with E-state index in [2.05, 4.69) is 39.1 Å². The van der Waals surface area contributed by atoms with Crippen molar-refractivity contribution in [2.45, 2.75) is 31.7 Å². The van der Waals surface area contributed by atoms with Crippen LogP contribution in [0, 0.1) is 0 Å². The van der Waals surface area contributed by atoms with Gasteiger partial charge in [0.25, 0.3) is 0 Å². The number of carbonyl (C=O) groups is 3. The Kier molecular flexibility index (Phi) is 12.1. The number of rotatable bonds is 13. The molecule has 1 atom stereocenters. The van der Waals surface area contributed by atoms with Crippen LogP contribution in [-0.4, -0.2) is 70.5 Å². The van der Waals surface area contributed by atoms with Gasteiger partial charge in [0, 0.05) is 19.2 Å². The molecule has 0 aliphatic heterocycles. The van der Waals surface area contributed by atoms with Crippen LogP contribution in [0.4, 0.5) is 5.82 Å². The molecule has 9 heteroatoms. The Labute approximate surface area is 255 Å². The molecule has 0 spiro atoms. The van der Waals surface area contributed by atoms with Gasteiger partial charge in [0.05, 0.1) is 19.0 Å². The molecule has 0 saturated carbocycles. The molecule has 8 nitrogen and oxygen atoms in total. The number of aromatic nitrogens is 1. The third-order valence-corrected chi connectivity index (χ3v) is 6.38. The van der Waals surface area contributed by atoms with Gasteiger partial charge in [-0.2, -0.15) is 0 Å². The number of carboxylic acids is 1. The number of unbranched alkanes of at least 4 members (excludes halogenated alkanes) is 1. The first-order chi connectivity index (χ1) is 19.0. The van der Waals surface area contributed by atoms with Crippen molar-refractivity contribution in [3.05, 3.63) is 96.7 Å². The molecule has 1 aromatic heterocycles. The molecule has 0 fully saturated rings. The van der Waals surface area contributed by atoms with Gasteiger partial charge in [0.2, 0.25) is 11.8 Å². The molecule has 0 aliphatic carbocycles. The summed E-state index contributed by atoms with van der Waals surface area (Å²) in [5.41, 5.74) is 2.76. The monoisotopic (exact) mass is 548 g/mol. The Morgan fingerprint density at radius 1 is 0.825 bits per heavy atom. The Morgan fingerprint density at radius 2 is 1.57 bits per heavy atom. The number of hydrogen-bond acceptors (Lipinski definition) is 5. The van der Waals surface area contributed by atoms with E-state index in [1.807, 2.05) is 66.7 Å². The first-order valence-corrected chi connectivity index (χ1v) is 13.0. The third-order valence-electron chi connectivity index (χ3n) is 6.38. The summed E-state index contributed by atoms with van der Waals surface area (Å²) in [5, 5.41) is 20.2. The molecule has 4 N–H and O–H groups in total. The summed E-state index contributed by atoms with van der Waals surface area (Å²) in [7, 11) is 0. The van der Waals surface area contributed by atoms with Crippen molar-refractivity contribution in [1.82, 2.24) is 15.6 Å². The molecule has 0 bridgehead atoms. The number of carboxylic acid groups (broad SMARTS) is 1. The van der Waals surface area contributed by atoms with Gasteiger partial charge < -0.3 is 21.1 Å². The van der Waals surface area contributed by atoms with Gasteiger partial charge in [0.1, 0.15) is 5.82 Å². The molecule has 1 unspecified atom stereocenters. The van der Waals surface area contributed by atoms with Crippen LogP contribution < -0.4 is 16.0 Å². The number of anilines is 1. The number of hydrogen-bond donors (Lipinski definition) is 4. The van der Waals surface area contributed by atoms with E-state index in [-0.39, 0.29) is 48.4 Å². The maximum atomic E-state index is 12.5. The van der Waals surface area contributed by atoms with Crippen molar-refractivity contribution >= 4 is 63.9 Å².